The second-order valence-electron chi connectivity index (χ2n) is 7.92. The molecule has 0 bridgehead atoms. The molecule has 0 unspecified atom stereocenters. The van der Waals surface area contributed by atoms with Gasteiger partial charge in [-0.05, 0) is 31.2 Å². The van der Waals surface area contributed by atoms with Crippen molar-refractivity contribution >= 4 is 0 Å². The van der Waals surface area contributed by atoms with Gasteiger partial charge in [0.2, 0.25) is 0 Å². The third-order valence-electron chi connectivity index (χ3n) is 5.55. The Morgan fingerprint density at radius 3 is 2.19 bits per heavy atom. The molecule has 2 rings (SSSR count). The molecule has 0 aliphatic rings. The molecule has 27 heavy (non-hydrogen) atoms. The molecule has 1 aromatic heterocycles. The molecule has 0 saturated carbocycles. The number of imidazole rings is 1. The van der Waals surface area contributed by atoms with Crippen LogP contribution in [0.3, 0.4) is 0 Å². The fourth-order valence-electron chi connectivity index (χ4n) is 3.86. The van der Waals surface area contributed by atoms with Gasteiger partial charge in [-0.25, -0.2) is 9.13 Å². The minimum atomic E-state index is 1.14. The van der Waals surface area contributed by atoms with Gasteiger partial charge < -0.3 is 0 Å². The van der Waals surface area contributed by atoms with Gasteiger partial charge in [0.1, 0.15) is 12.4 Å². The van der Waals surface area contributed by atoms with Gasteiger partial charge >= 0.3 is 0 Å². The molecule has 0 atom stereocenters. The molecule has 2 nitrogen and oxygen atoms in total. The Morgan fingerprint density at radius 1 is 0.741 bits per heavy atom. The molecule has 0 spiro atoms. The lowest BCUT2D eigenvalue weighted by Gasteiger charge is -2.06. The Labute approximate surface area is 167 Å². The molecular formula is C25H41N2+. The van der Waals surface area contributed by atoms with Gasteiger partial charge in [0.05, 0.1) is 13.1 Å². The first-order valence-electron chi connectivity index (χ1n) is 11.5. The van der Waals surface area contributed by atoms with Gasteiger partial charge in [0.15, 0.2) is 0 Å². The van der Waals surface area contributed by atoms with Crippen LogP contribution in [0.5, 0.6) is 0 Å². The number of aryl methyl sites for hydroxylation is 3. The molecule has 150 valence electrons. The van der Waals surface area contributed by atoms with Crippen molar-refractivity contribution in [3.05, 3.63) is 54.1 Å². The summed E-state index contributed by atoms with van der Waals surface area (Å²) in [5.74, 6) is 1.55. The van der Waals surface area contributed by atoms with Crippen LogP contribution in [-0.2, 0) is 25.9 Å². The first kappa shape index (κ1) is 21.7. The molecule has 1 heterocycles. The zero-order valence-corrected chi connectivity index (χ0v) is 17.8. The first-order valence-corrected chi connectivity index (χ1v) is 11.5. The number of benzene rings is 1. The van der Waals surface area contributed by atoms with Crippen molar-refractivity contribution in [2.45, 2.75) is 104 Å². The third-order valence-corrected chi connectivity index (χ3v) is 5.55. The van der Waals surface area contributed by atoms with E-state index in [1.165, 1.54) is 89.2 Å². The fourth-order valence-corrected chi connectivity index (χ4v) is 3.86. The number of rotatable bonds is 15. The van der Waals surface area contributed by atoms with Gasteiger partial charge in [0.25, 0.3) is 5.82 Å². The molecule has 0 fully saturated rings. The van der Waals surface area contributed by atoms with E-state index in [9.17, 15) is 0 Å². The van der Waals surface area contributed by atoms with Crippen LogP contribution < -0.4 is 4.57 Å². The molecule has 0 saturated heterocycles. The summed E-state index contributed by atoms with van der Waals surface area (Å²) in [6.45, 7) is 6.89. The summed E-state index contributed by atoms with van der Waals surface area (Å²) in [4.78, 5) is 0. The Bertz CT molecular complexity index is 600. The van der Waals surface area contributed by atoms with Crippen LogP contribution >= 0.6 is 0 Å². The van der Waals surface area contributed by atoms with E-state index >= 15 is 0 Å². The van der Waals surface area contributed by atoms with Crippen molar-refractivity contribution in [2.75, 3.05) is 0 Å². The summed E-state index contributed by atoms with van der Waals surface area (Å²) in [6, 6.07) is 10.9. The average molecular weight is 370 g/mol. The summed E-state index contributed by atoms with van der Waals surface area (Å²) >= 11 is 0. The molecular weight excluding hydrogens is 328 g/mol. The van der Waals surface area contributed by atoms with Crippen molar-refractivity contribution in [3.8, 4) is 0 Å². The first-order chi connectivity index (χ1) is 13.3. The summed E-state index contributed by atoms with van der Waals surface area (Å²) in [5, 5.41) is 0. The average Bonchev–Trinajstić information content (AvgIpc) is 3.08. The Kier molecular flexibility index (Phi) is 10.9. The summed E-state index contributed by atoms with van der Waals surface area (Å²) in [7, 11) is 0. The Balaban J connectivity index is 1.82. The van der Waals surface area contributed by atoms with Crippen LogP contribution in [-0.4, -0.2) is 4.57 Å². The summed E-state index contributed by atoms with van der Waals surface area (Å²) in [6.07, 6.45) is 20.5. The zero-order chi connectivity index (χ0) is 19.2. The highest BCUT2D eigenvalue weighted by atomic mass is 15.1. The highest BCUT2D eigenvalue weighted by molar-refractivity contribution is 5.14. The zero-order valence-electron chi connectivity index (χ0n) is 17.8. The number of aromatic nitrogens is 2. The lowest BCUT2D eigenvalue weighted by molar-refractivity contribution is -0.704. The maximum atomic E-state index is 2.52. The van der Waals surface area contributed by atoms with E-state index in [0.717, 1.165) is 6.54 Å². The van der Waals surface area contributed by atoms with E-state index in [1.807, 2.05) is 0 Å². The van der Waals surface area contributed by atoms with E-state index in [-0.39, 0.29) is 0 Å². The standard InChI is InChI=1S/C25H41N2/c1-3-5-7-8-9-10-14-19-25-26(20-6-4-2)22-23-27(25)21-15-18-24-16-12-11-13-17-24/h11-13,16-17,22-23H,3-10,14-15,18-21H2,1-2H3/q+1. The van der Waals surface area contributed by atoms with E-state index < -0.39 is 0 Å². The second kappa shape index (κ2) is 13.6. The molecule has 1 aromatic carbocycles. The summed E-state index contributed by atoms with van der Waals surface area (Å²) < 4.78 is 5.04. The van der Waals surface area contributed by atoms with E-state index in [2.05, 4.69) is 65.7 Å². The molecule has 0 N–H and O–H groups in total. The molecule has 2 heteroatoms. The number of unbranched alkanes of at least 4 members (excludes halogenated alkanes) is 7. The van der Waals surface area contributed by atoms with Crippen molar-refractivity contribution in [1.29, 1.82) is 0 Å². The lowest BCUT2D eigenvalue weighted by Crippen LogP contribution is -2.37. The second-order valence-corrected chi connectivity index (χ2v) is 7.92. The number of nitrogens with zero attached hydrogens (tertiary/aromatic N) is 2. The lowest BCUT2D eigenvalue weighted by atomic mass is 10.1. The van der Waals surface area contributed by atoms with E-state index in [0.29, 0.717) is 0 Å². The quantitative estimate of drug-likeness (QED) is 0.250. The van der Waals surface area contributed by atoms with Crippen LogP contribution in [0.2, 0.25) is 0 Å². The minimum Gasteiger partial charge on any atom is -0.234 e. The van der Waals surface area contributed by atoms with Crippen LogP contribution in [0, 0.1) is 0 Å². The highest BCUT2D eigenvalue weighted by Gasteiger charge is 2.16. The van der Waals surface area contributed by atoms with Gasteiger partial charge in [-0.1, -0.05) is 89.1 Å². The van der Waals surface area contributed by atoms with Crippen molar-refractivity contribution in [1.82, 2.24) is 4.57 Å². The van der Waals surface area contributed by atoms with Crippen LogP contribution in [0.25, 0.3) is 0 Å². The maximum absolute atomic E-state index is 2.52. The van der Waals surface area contributed by atoms with Crippen molar-refractivity contribution in [2.24, 2.45) is 0 Å². The molecule has 0 radical (unpaired) electrons. The predicted octanol–water partition coefficient (Wildman–Crippen LogP) is 6.50. The maximum Gasteiger partial charge on any atom is 0.256 e. The van der Waals surface area contributed by atoms with Crippen molar-refractivity contribution < 1.29 is 4.57 Å². The monoisotopic (exact) mass is 369 g/mol. The number of hydrogen-bond donors (Lipinski definition) is 0. The minimum absolute atomic E-state index is 1.14. The normalized spacial score (nSPS) is 11.2. The molecule has 0 amide bonds. The molecule has 2 aromatic rings. The Morgan fingerprint density at radius 2 is 1.44 bits per heavy atom. The predicted molar refractivity (Wildman–Crippen MR) is 116 cm³/mol. The van der Waals surface area contributed by atoms with Gasteiger partial charge in [0, 0.05) is 6.42 Å². The van der Waals surface area contributed by atoms with E-state index in [4.69, 9.17) is 0 Å². The van der Waals surface area contributed by atoms with Crippen LogP contribution in [0.4, 0.5) is 0 Å². The molecule has 0 aliphatic heterocycles. The smallest absolute Gasteiger partial charge is 0.234 e. The van der Waals surface area contributed by atoms with Crippen LogP contribution in [0.15, 0.2) is 42.7 Å². The topological polar surface area (TPSA) is 8.81 Å². The van der Waals surface area contributed by atoms with Crippen LogP contribution in [0.1, 0.15) is 89.4 Å². The van der Waals surface area contributed by atoms with Gasteiger partial charge in [-0.15, -0.1) is 0 Å². The third kappa shape index (κ3) is 8.32. The SMILES string of the molecule is CCCCCCCCCc1n(CCCC)cc[n+]1CCCc1ccccc1. The number of hydrogen-bond acceptors (Lipinski definition) is 0. The van der Waals surface area contributed by atoms with E-state index in [1.54, 1.807) is 5.82 Å². The van der Waals surface area contributed by atoms with Crippen molar-refractivity contribution in [3.63, 3.8) is 0 Å². The summed E-state index contributed by atoms with van der Waals surface area (Å²) in [5.41, 5.74) is 1.46. The molecule has 0 aliphatic carbocycles. The van der Waals surface area contributed by atoms with Gasteiger partial charge in [-0.3, -0.25) is 0 Å². The highest BCUT2D eigenvalue weighted by Crippen LogP contribution is 2.11. The fraction of sp³-hybridized carbons (Fsp3) is 0.640. The largest absolute Gasteiger partial charge is 0.256 e. The van der Waals surface area contributed by atoms with Gasteiger partial charge in [-0.2, -0.15) is 0 Å². The Hall–Kier alpha value is -1.57.